The van der Waals surface area contributed by atoms with Gasteiger partial charge in [-0.2, -0.15) is 11.8 Å². The Bertz CT molecular complexity index is 635. The first kappa shape index (κ1) is 13.2. The summed E-state index contributed by atoms with van der Waals surface area (Å²) < 4.78 is 0. The van der Waals surface area contributed by atoms with Crippen molar-refractivity contribution < 1.29 is 9.90 Å². The van der Waals surface area contributed by atoms with Gasteiger partial charge in [-0.15, -0.1) is 0 Å². The largest absolute Gasteiger partial charge is 0.481 e. The van der Waals surface area contributed by atoms with Gasteiger partial charge >= 0.3 is 5.97 Å². The molecule has 20 heavy (non-hydrogen) atoms. The molecule has 1 aliphatic rings. The maximum atomic E-state index is 11.0. The van der Waals surface area contributed by atoms with Crippen molar-refractivity contribution in [3.05, 3.63) is 30.5 Å². The number of thioether (sulfide) groups is 1. The van der Waals surface area contributed by atoms with Crippen molar-refractivity contribution in [3.8, 4) is 0 Å². The Morgan fingerprint density at radius 3 is 3.00 bits per heavy atom. The molecule has 6 heteroatoms. The Balaban J connectivity index is 1.92. The van der Waals surface area contributed by atoms with Crippen LogP contribution in [0, 0.1) is 0 Å². The van der Waals surface area contributed by atoms with Gasteiger partial charge in [0.25, 0.3) is 0 Å². The lowest BCUT2D eigenvalue weighted by Crippen LogP contribution is -2.44. The number of carboxylic acid groups (broad SMARTS) is 1. The number of hydrogen-bond donors (Lipinski definition) is 1. The first-order chi connectivity index (χ1) is 9.74. The number of para-hydroxylation sites is 2. The van der Waals surface area contributed by atoms with Crippen LogP contribution in [0.5, 0.6) is 0 Å². The lowest BCUT2D eigenvalue weighted by atomic mass is 10.2. The summed E-state index contributed by atoms with van der Waals surface area (Å²) in [6.07, 6.45) is 1.88. The second kappa shape index (κ2) is 5.66. The Morgan fingerprint density at radius 2 is 2.20 bits per heavy atom. The molecule has 1 atom stereocenters. The highest BCUT2D eigenvalue weighted by molar-refractivity contribution is 7.99. The first-order valence-corrected chi connectivity index (χ1v) is 7.67. The van der Waals surface area contributed by atoms with Crippen LogP contribution < -0.4 is 4.90 Å². The molecule has 0 saturated carbocycles. The van der Waals surface area contributed by atoms with Crippen molar-refractivity contribution in [3.63, 3.8) is 0 Å². The smallest absolute Gasteiger partial charge is 0.305 e. The van der Waals surface area contributed by atoms with Gasteiger partial charge in [-0.25, -0.2) is 4.98 Å². The summed E-state index contributed by atoms with van der Waals surface area (Å²) in [7, 11) is 0. The number of fused-ring (bicyclic) bond motifs is 1. The maximum absolute atomic E-state index is 11.0. The molecule has 1 fully saturated rings. The highest BCUT2D eigenvalue weighted by atomic mass is 32.2. The van der Waals surface area contributed by atoms with E-state index in [-0.39, 0.29) is 12.5 Å². The van der Waals surface area contributed by atoms with Crippen LogP contribution in [0.3, 0.4) is 0 Å². The lowest BCUT2D eigenvalue weighted by Gasteiger charge is -2.35. The minimum Gasteiger partial charge on any atom is -0.481 e. The van der Waals surface area contributed by atoms with Crippen LogP contribution >= 0.6 is 11.8 Å². The molecule has 1 saturated heterocycles. The molecule has 1 aliphatic heterocycles. The minimum absolute atomic E-state index is 0.0123. The molecule has 0 amide bonds. The van der Waals surface area contributed by atoms with Crippen molar-refractivity contribution >= 4 is 34.6 Å². The monoisotopic (exact) mass is 289 g/mol. The summed E-state index contributed by atoms with van der Waals surface area (Å²) in [6.45, 7) is 0.815. The molecule has 0 bridgehead atoms. The molecule has 0 radical (unpaired) electrons. The number of hydrogen-bond acceptors (Lipinski definition) is 5. The van der Waals surface area contributed by atoms with Gasteiger partial charge in [-0.1, -0.05) is 12.1 Å². The fraction of sp³-hybridized carbons (Fsp3) is 0.357. The number of carbonyl (C=O) groups is 1. The predicted molar refractivity (Wildman–Crippen MR) is 80.2 cm³/mol. The third-order valence-corrected chi connectivity index (χ3v) is 4.46. The number of nitrogens with zero attached hydrogens (tertiary/aromatic N) is 3. The summed E-state index contributed by atoms with van der Waals surface area (Å²) in [6, 6.07) is 7.70. The van der Waals surface area contributed by atoms with E-state index in [9.17, 15) is 4.79 Å². The lowest BCUT2D eigenvalue weighted by molar-refractivity contribution is -0.137. The van der Waals surface area contributed by atoms with Crippen molar-refractivity contribution in [2.24, 2.45) is 0 Å². The molecule has 104 valence electrons. The molecular formula is C14H15N3O2S. The van der Waals surface area contributed by atoms with Crippen LogP contribution in [-0.4, -0.2) is 45.1 Å². The molecule has 2 aromatic rings. The third kappa shape index (κ3) is 2.70. The van der Waals surface area contributed by atoms with Crippen LogP contribution in [0.4, 0.5) is 5.82 Å². The molecule has 5 nitrogen and oxygen atoms in total. The van der Waals surface area contributed by atoms with Crippen LogP contribution in [-0.2, 0) is 4.79 Å². The van der Waals surface area contributed by atoms with Gasteiger partial charge in [0, 0.05) is 24.1 Å². The molecule has 0 aliphatic carbocycles. The summed E-state index contributed by atoms with van der Waals surface area (Å²) >= 11 is 1.79. The Labute approximate surface area is 121 Å². The van der Waals surface area contributed by atoms with E-state index in [1.54, 1.807) is 18.0 Å². The first-order valence-electron chi connectivity index (χ1n) is 6.52. The molecular weight excluding hydrogens is 274 g/mol. The second-order valence-electron chi connectivity index (χ2n) is 4.74. The van der Waals surface area contributed by atoms with Crippen molar-refractivity contribution in [1.82, 2.24) is 9.97 Å². The zero-order chi connectivity index (χ0) is 13.9. The minimum atomic E-state index is -0.767. The topological polar surface area (TPSA) is 66.3 Å². The van der Waals surface area contributed by atoms with E-state index in [4.69, 9.17) is 5.11 Å². The quantitative estimate of drug-likeness (QED) is 0.932. The number of aliphatic carboxylic acids is 1. The Kier molecular flexibility index (Phi) is 3.73. The fourth-order valence-electron chi connectivity index (χ4n) is 2.41. The van der Waals surface area contributed by atoms with Gasteiger partial charge in [0.15, 0.2) is 0 Å². The third-order valence-electron chi connectivity index (χ3n) is 3.37. The van der Waals surface area contributed by atoms with Gasteiger partial charge in [0.05, 0.1) is 23.7 Å². The summed E-state index contributed by atoms with van der Waals surface area (Å²) in [4.78, 5) is 22.1. The van der Waals surface area contributed by atoms with Gasteiger partial charge < -0.3 is 10.0 Å². The normalized spacial score (nSPS) is 19.2. The van der Waals surface area contributed by atoms with Crippen LogP contribution in [0.15, 0.2) is 30.5 Å². The number of benzene rings is 1. The molecule has 2 heterocycles. The number of anilines is 1. The SMILES string of the molecule is O=C(O)CC1CSCCN1c1cnc2ccccc2n1. The Hall–Kier alpha value is -1.82. The highest BCUT2D eigenvalue weighted by Gasteiger charge is 2.26. The molecule has 1 unspecified atom stereocenters. The van der Waals surface area contributed by atoms with Gasteiger partial charge in [0.1, 0.15) is 5.82 Å². The molecule has 3 rings (SSSR count). The van der Waals surface area contributed by atoms with Crippen LogP contribution in [0.1, 0.15) is 6.42 Å². The van der Waals surface area contributed by atoms with E-state index in [2.05, 4.69) is 14.9 Å². The summed E-state index contributed by atoms with van der Waals surface area (Å²) in [5.41, 5.74) is 1.70. The highest BCUT2D eigenvalue weighted by Crippen LogP contribution is 2.25. The van der Waals surface area contributed by atoms with E-state index in [0.717, 1.165) is 34.9 Å². The van der Waals surface area contributed by atoms with Gasteiger partial charge in [0.2, 0.25) is 0 Å². The van der Waals surface area contributed by atoms with Gasteiger partial charge in [-0.3, -0.25) is 9.78 Å². The van der Waals surface area contributed by atoms with E-state index in [1.165, 1.54) is 0 Å². The predicted octanol–water partition coefficient (Wildman–Crippen LogP) is 2.03. The molecule has 1 aromatic carbocycles. The van der Waals surface area contributed by atoms with Crippen LogP contribution in [0.2, 0.25) is 0 Å². The summed E-state index contributed by atoms with van der Waals surface area (Å²) in [5, 5.41) is 9.03. The van der Waals surface area contributed by atoms with Crippen molar-refractivity contribution in [2.75, 3.05) is 23.0 Å². The average molecular weight is 289 g/mol. The average Bonchev–Trinajstić information content (AvgIpc) is 2.47. The van der Waals surface area contributed by atoms with E-state index in [0.29, 0.717) is 0 Å². The maximum Gasteiger partial charge on any atom is 0.305 e. The van der Waals surface area contributed by atoms with Crippen molar-refractivity contribution in [1.29, 1.82) is 0 Å². The summed E-state index contributed by atoms with van der Waals surface area (Å²) in [5.74, 6) is 1.82. The zero-order valence-electron chi connectivity index (χ0n) is 10.9. The standard InChI is InChI=1S/C14H15N3O2S/c18-14(19)7-10-9-20-6-5-17(10)13-8-15-11-3-1-2-4-12(11)16-13/h1-4,8,10H,5-7,9H2,(H,18,19). The van der Waals surface area contributed by atoms with Crippen LogP contribution in [0.25, 0.3) is 11.0 Å². The number of aromatic nitrogens is 2. The zero-order valence-corrected chi connectivity index (χ0v) is 11.7. The van der Waals surface area contributed by atoms with Crippen molar-refractivity contribution in [2.45, 2.75) is 12.5 Å². The Morgan fingerprint density at radius 1 is 1.40 bits per heavy atom. The fourth-order valence-corrected chi connectivity index (χ4v) is 3.48. The number of rotatable bonds is 3. The number of carboxylic acids is 1. The second-order valence-corrected chi connectivity index (χ2v) is 5.89. The molecule has 1 aromatic heterocycles. The van der Waals surface area contributed by atoms with E-state index in [1.807, 2.05) is 24.3 Å². The molecule has 1 N–H and O–H groups in total. The van der Waals surface area contributed by atoms with E-state index >= 15 is 0 Å². The van der Waals surface area contributed by atoms with Gasteiger partial charge in [-0.05, 0) is 12.1 Å². The van der Waals surface area contributed by atoms with E-state index < -0.39 is 5.97 Å². The molecule has 0 spiro atoms.